The number of hydrogen-bond donors (Lipinski definition) is 0. The maximum absolute atomic E-state index is 12.9. The molecule has 2 amide bonds. The zero-order chi connectivity index (χ0) is 26.4. The molecule has 0 aromatic heterocycles. The van der Waals surface area contributed by atoms with Gasteiger partial charge in [0, 0.05) is 6.07 Å². The Bertz CT molecular complexity index is 1370. The van der Waals surface area contributed by atoms with Gasteiger partial charge in [-0.15, -0.1) is 0 Å². The van der Waals surface area contributed by atoms with E-state index in [9.17, 15) is 19.7 Å². The van der Waals surface area contributed by atoms with E-state index in [1.54, 1.807) is 42.5 Å². The fourth-order valence-electron chi connectivity index (χ4n) is 3.67. The average molecular weight is 521 g/mol. The molecule has 0 spiro atoms. The van der Waals surface area contributed by atoms with Crippen molar-refractivity contribution in [2.75, 3.05) is 20.3 Å². The maximum Gasteiger partial charge on any atom is 0.293 e. The van der Waals surface area contributed by atoms with Crippen molar-refractivity contribution in [3.63, 3.8) is 0 Å². The number of carbonyl (C=O) groups is 2. The number of aryl methyl sites for hydroxylation is 1. The van der Waals surface area contributed by atoms with Crippen LogP contribution in [0.15, 0.2) is 71.6 Å². The van der Waals surface area contributed by atoms with Gasteiger partial charge in [0.05, 0.1) is 29.0 Å². The lowest BCUT2D eigenvalue weighted by Crippen LogP contribution is -2.32. The van der Waals surface area contributed by atoms with Gasteiger partial charge in [-0.25, -0.2) is 0 Å². The standard InChI is InChI=1S/C27H24N2O7S/c1-18-6-5-8-21(14-18)35-13-12-28-26(30)25(37-27(28)31)16-19-10-11-23(34-2)24(15-19)36-17-20-7-3-4-9-22(20)29(32)33/h3-11,14-16H,12-13,17H2,1-2H3/b25-16-. The highest BCUT2D eigenvalue weighted by atomic mass is 32.2. The maximum atomic E-state index is 12.9. The third-order valence-electron chi connectivity index (χ3n) is 5.50. The summed E-state index contributed by atoms with van der Waals surface area (Å²) in [6.07, 6.45) is 1.60. The van der Waals surface area contributed by atoms with Gasteiger partial charge in [0.1, 0.15) is 19.0 Å². The van der Waals surface area contributed by atoms with Crippen LogP contribution in [-0.2, 0) is 11.4 Å². The fourth-order valence-corrected chi connectivity index (χ4v) is 4.53. The molecule has 1 fully saturated rings. The lowest BCUT2D eigenvalue weighted by molar-refractivity contribution is -0.385. The van der Waals surface area contributed by atoms with Gasteiger partial charge in [-0.2, -0.15) is 0 Å². The highest BCUT2D eigenvalue weighted by Crippen LogP contribution is 2.35. The van der Waals surface area contributed by atoms with E-state index in [0.717, 1.165) is 22.2 Å². The largest absolute Gasteiger partial charge is 0.493 e. The molecule has 0 unspecified atom stereocenters. The van der Waals surface area contributed by atoms with Gasteiger partial charge in [0.15, 0.2) is 11.5 Å². The molecule has 0 aliphatic carbocycles. The van der Waals surface area contributed by atoms with E-state index >= 15 is 0 Å². The van der Waals surface area contributed by atoms with Gasteiger partial charge in [-0.3, -0.25) is 24.6 Å². The molecule has 0 atom stereocenters. The summed E-state index contributed by atoms with van der Waals surface area (Å²) in [4.78, 5) is 37.6. The number of amides is 2. The molecule has 1 heterocycles. The third kappa shape index (κ3) is 6.28. The van der Waals surface area contributed by atoms with Crippen LogP contribution in [0.3, 0.4) is 0 Å². The van der Waals surface area contributed by atoms with E-state index in [1.807, 2.05) is 31.2 Å². The Balaban J connectivity index is 1.45. The first-order chi connectivity index (χ1) is 17.9. The molecule has 10 heteroatoms. The van der Waals surface area contributed by atoms with Crippen LogP contribution in [0, 0.1) is 17.0 Å². The van der Waals surface area contributed by atoms with Crippen LogP contribution in [0.4, 0.5) is 10.5 Å². The zero-order valence-electron chi connectivity index (χ0n) is 20.2. The second-order valence-electron chi connectivity index (χ2n) is 8.08. The molecule has 0 bridgehead atoms. The molecule has 3 aromatic carbocycles. The predicted octanol–water partition coefficient (Wildman–Crippen LogP) is 5.61. The Morgan fingerprint density at radius 1 is 1.00 bits per heavy atom. The summed E-state index contributed by atoms with van der Waals surface area (Å²) in [6, 6.07) is 18.9. The second-order valence-corrected chi connectivity index (χ2v) is 9.08. The molecule has 3 aromatic rings. The van der Waals surface area contributed by atoms with Gasteiger partial charge >= 0.3 is 0 Å². The van der Waals surface area contributed by atoms with Gasteiger partial charge in [-0.05, 0) is 66.2 Å². The molecule has 4 rings (SSSR count). The van der Waals surface area contributed by atoms with E-state index in [2.05, 4.69) is 0 Å². The number of benzene rings is 3. The topological polar surface area (TPSA) is 108 Å². The lowest BCUT2D eigenvalue weighted by atomic mass is 10.1. The highest BCUT2D eigenvalue weighted by Gasteiger charge is 2.34. The van der Waals surface area contributed by atoms with Crippen molar-refractivity contribution >= 4 is 34.7 Å². The Labute approximate surface area is 217 Å². The van der Waals surface area contributed by atoms with Crippen molar-refractivity contribution < 1.29 is 28.7 Å². The zero-order valence-corrected chi connectivity index (χ0v) is 21.0. The minimum absolute atomic E-state index is 0.0438. The summed E-state index contributed by atoms with van der Waals surface area (Å²) < 4.78 is 16.9. The number of thioether (sulfide) groups is 1. The van der Waals surface area contributed by atoms with Gasteiger partial charge in [0.2, 0.25) is 0 Å². The molecule has 9 nitrogen and oxygen atoms in total. The van der Waals surface area contributed by atoms with Crippen LogP contribution in [0.2, 0.25) is 0 Å². The van der Waals surface area contributed by atoms with Gasteiger partial charge in [0.25, 0.3) is 16.8 Å². The first-order valence-electron chi connectivity index (χ1n) is 11.3. The molecular formula is C27H24N2O7S. The normalized spacial score (nSPS) is 14.2. The molecule has 37 heavy (non-hydrogen) atoms. The summed E-state index contributed by atoms with van der Waals surface area (Å²) in [6.45, 7) is 2.22. The van der Waals surface area contributed by atoms with Crippen molar-refractivity contribution in [3.8, 4) is 17.2 Å². The molecule has 190 valence electrons. The predicted molar refractivity (Wildman–Crippen MR) is 140 cm³/mol. The molecule has 1 aliphatic rings. The number of ether oxygens (including phenoxy) is 3. The minimum atomic E-state index is -0.464. The number of nitrogens with zero attached hydrogens (tertiary/aromatic N) is 2. The molecule has 1 saturated heterocycles. The minimum Gasteiger partial charge on any atom is -0.493 e. The number of imide groups is 1. The summed E-state index contributed by atoms with van der Waals surface area (Å²) in [5.74, 6) is 1.05. The first-order valence-corrected chi connectivity index (χ1v) is 12.2. The van der Waals surface area contributed by atoms with Crippen molar-refractivity contribution in [1.29, 1.82) is 0 Å². The second kappa shape index (κ2) is 11.6. The van der Waals surface area contributed by atoms with E-state index in [1.165, 1.54) is 13.2 Å². The Hall–Kier alpha value is -4.31. The summed E-state index contributed by atoms with van der Waals surface area (Å²) >= 11 is 0.852. The number of nitro groups is 1. The van der Waals surface area contributed by atoms with Crippen LogP contribution in [0.1, 0.15) is 16.7 Å². The Morgan fingerprint density at radius 2 is 1.81 bits per heavy atom. The van der Waals surface area contributed by atoms with E-state index in [4.69, 9.17) is 14.2 Å². The summed E-state index contributed by atoms with van der Waals surface area (Å²) in [7, 11) is 1.48. The fraction of sp³-hybridized carbons (Fsp3) is 0.185. The summed E-state index contributed by atoms with van der Waals surface area (Å²) in [5, 5.41) is 10.9. The molecule has 1 aliphatic heterocycles. The van der Waals surface area contributed by atoms with E-state index in [0.29, 0.717) is 28.4 Å². The molecule has 0 radical (unpaired) electrons. The van der Waals surface area contributed by atoms with Crippen LogP contribution < -0.4 is 14.2 Å². The lowest BCUT2D eigenvalue weighted by Gasteiger charge is -2.13. The third-order valence-corrected chi connectivity index (χ3v) is 6.41. The van der Waals surface area contributed by atoms with Crippen molar-refractivity contribution in [2.24, 2.45) is 0 Å². The molecule has 0 saturated carbocycles. The average Bonchev–Trinajstić information content (AvgIpc) is 3.15. The smallest absolute Gasteiger partial charge is 0.293 e. The highest BCUT2D eigenvalue weighted by molar-refractivity contribution is 8.18. The number of hydrogen-bond acceptors (Lipinski definition) is 8. The van der Waals surface area contributed by atoms with Crippen LogP contribution in [0.5, 0.6) is 17.2 Å². The van der Waals surface area contributed by atoms with Crippen LogP contribution in [0.25, 0.3) is 6.08 Å². The van der Waals surface area contributed by atoms with Gasteiger partial charge < -0.3 is 14.2 Å². The Morgan fingerprint density at radius 3 is 2.57 bits per heavy atom. The van der Waals surface area contributed by atoms with Crippen molar-refractivity contribution in [3.05, 3.63) is 98.4 Å². The number of para-hydroxylation sites is 1. The van der Waals surface area contributed by atoms with E-state index < -0.39 is 10.8 Å². The number of rotatable bonds is 10. The van der Waals surface area contributed by atoms with Crippen LogP contribution >= 0.6 is 11.8 Å². The van der Waals surface area contributed by atoms with Crippen LogP contribution in [-0.4, -0.2) is 41.2 Å². The van der Waals surface area contributed by atoms with Crippen molar-refractivity contribution in [2.45, 2.75) is 13.5 Å². The molecule has 0 N–H and O–H groups in total. The van der Waals surface area contributed by atoms with Gasteiger partial charge in [-0.1, -0.05) is 30.3 Å². The number of carbonyl (C=O) groups excluding carboxylic acids is 2. The Kier molecular flexibility index (Phi) is 8.09. The first kappa shape index (κ1) is 25.8. The number of methoxy groups -OCH3 is 1. The van der Waals surface area contributed by atoms with E-state index in [-0.39, 0.29) is 35.6 Å². The molecular weight excluding hydrogens is 496 g/mol. The summed E-state index contributed by atoms with van der Waals surface area (Å²) in [5.41, 5.74) is 2.03. The monoisotopic (exact) mass is 520 g/mol. The van der Waals surface area contributed by atoms with Crippen molar-refractivity contribution in [1.82, 2.24) is 4.90 Å². The quantitative estimate of drug-likeness (QED) is 0.193. The SMILES string of the molecule is COc1ccc(/C=C2\SC(=O)N(CCOc3cccc(C)c3)C2=O)cc1OCc1ccccc1[N+](=O)[O-]. The number of nitro benzene ring substituents is 1.